The largest absolute Gasteiger partial charge is 0 e. The summed E-state index contributed by atoms with van der Waals surface area (Å²) >= 11 is 3.44. The van der Waals surface area contributed by atoms with Crippen LogP contribution in [0.5, 0.6) is 0 Å². The van der Waals surface area contributed by atoms with Crippen molar-refractivity contribution in [1.29, 1.82) is 0 Å². The minimum atomic E-state index is -0.0465. The molecule has 6 aliphatic carbocycles. The fourth-order valence-electron chi connectivity index (χ4n) is 22.6. The molecule has 18 rings (SSSR count). The zero-order valence-corrected chi connectivity index (χ0v) is 92.6. The molecule has 4 heterocycles. The van der Waals surface area contributed by atoms with Crippen LogP contribution in [0.15, 0.2) is 164 Å². The number of nitrogens with one attached hydrogen (secondary N) is 4. The Hall–Kier alpha value is -5.61. The molecule has 4 N–H and O–H groups in total. The van der Waals surface area contributed by atoms with E-state index in [0.29, 0.717) is 0 Å². The van der Waals surface area contributed by atoms with E-state index < -0.39 is 0 Å². The second kappa shape index (κ2) is 59.9. The Morgan fingerprint density at radius 3 is 0.687 bits per heavy atom. The van der Waals surface area contributed by atoms with Crippen LogP contribution in [0.3, 0.4) is 0 Å². The number of rotatable bonds is 18. The second-order valence-electron chi connectivity index (χ2n) is 38.7. The summed E-state index contributed by atoms with van der Waals surface area (Å²) in [5, 5.41) is 16.1. The molecular formula is C115H168AgCl2N12P2Ru2. The fraction of sp³-hybridized carbons (Fsp3) is 0.496. The average Bonchev–Trinajstić information content (AvgIpc) is 1.18. The Bertz CT molecular complexity index is 4150. The van der Waals surface area contributed by atoms with E-state index >= 15 is 0 Å². The quantitative estimate of drug-likeness (QED) is 0.0376. The van der Waals surface area contributed by atoms with Crippen molar-refractivity contribution in [3.05, 3.63) is 321 Å². The molecule has 4 aliphatic heterocycles. The van der Waals surface area contributed by atoms with Gasteiger partial charge in [-0.05, 0) is 304 Å². The van der Waals surface area contributed by atoms with Gasteiger partial charge in [-0.3, -0.25) is 5.56 Å². The van der Waals surface area contributed by atoms with E-state index in [1.165, 1.54) is 123 Å². The maximum absolute atomic E-state index is 4.61. The standard InChI is InChI=1S/3C19H22N3.C19H21N3.2C18H33P.CH4.2CH3.Ag.2ClH.2Ru.H2.H/c4*1-14-10-15(2)18(16(3)11-14)12-22-13-19(21(4)20-22)17-8-6-5-7-9-17;2*1-4-10-16(11-5-1)19(17-12-6-2-7-13-17)18-14-8-3-9-15-18;;;;;;;;;;/h3*5-11,20H,12H2,1-4H3;5-8,10-11,20H,12H2,1-4H3;2*16-18H,1-15H2;1H4;2*1H3;;2*1H;;;1H;/q3*-1;-2;;;;2*-1;;;;+3;+4;;. The normalized spacial score (nSPS) is 17.8. The predicted molar refractivity (Wildman–Crippen MR) is 572 cm³/mol. The van der Waals surface area contributed by atoms with Crippen molar-refractivity contribution in [1.82, 2.24) is 62.2 Å². The zero-order valence-electron chi connectivity index (χ0n) is 84.0. The number of benzene rings is 8. The molecule has 1 radical (unpaired) electrons. The van der Waals surface area contributed by atoms with Crippen LogP contribution >= 0.6 is 35.2 Å². The summed E-state index contributed by atoms with van der Waals surface area (Å²) in [5.74, 6) is 0. The van der Waals surface area contributed by atoms with Crippen LogP contribution in [0.1, 0.15) is 313 Å². The molecule has 0 saturated heterocycles. The molecule has 6 saturated carbocycles. The van der Waals surface area contributed by atoms with Gasteiger partial charge in [0.15, 0.2) is 0 Å². The number of hydrazine groups is 8. The summed E-state index contributed by atoms with van der Waals surface area (Å²) in [5.41, 5.74) is 50.7. The van der Waals surface area contributed by atoms with E-state index in [1.54, 1.807) is 210 Å². The molecule has 12 nitrogen and oxygen atoms in total. The fourth-order valence-corrected chi connectivity index (χ4v) is 33.0. The van der Waals surface area contributed by atoms with Gasteiger partial charge in [-0.15, -0.1) is 77.8 Å². The van der Waals surface area contributed by atoms with Crippen molar-refractivity contribution in [3.8, 4) is 0 Å². The first-order valence-electron chi connectivity index (χ1n) is 49.1. The Kier molecular flexibility index (Phi) is 51.5. The Labute approximate surface area is 863 Å². The van der Waals surface area contributed by atoms with Crippen molar-refractivity contribution >= 4 is 58.0 Å². The monoisotopic (exact) mass is 2160 g/mol. The maximum Gasteiger partial charge on any atom is 0 e. The summed E-state index contributed by atoms with van der Waals surface area (Å²) in [6.07, 6.45) is 61.3. The summed E-state index contributed by atoms with van der Waals surface area (Å²) < 4.78 is 0. The van der Waals surface area contributed by atoms with E-state index in [4.69, 9.17) is 0 Å². The number of halogens is 2. The van der Waals surface area contributed by atoms with Crippen molar-refractivity contribution in [2.24, 2.45) is 0 Å². The van der Waals surface area contributed by atoms with Gasteiger partial charge in [0.1, 0.15) is 0 Å². The van der Waals surface area contributed by atoms with Crippen LogP contribution in [0, 0.1) is 129 Å². The van der Waals surface area contributed by atoms with Gasteiger partial charge in [-0.1, -0.05) is 188 Å². The van der Waals surface area contributed by atoms with E-state index in [-0.39, 0.29) is 61.9 Å². The number of hydrogen-bond donors (Lipinski definition) is 4. The van der Waals surface area contributed by atoms with Crippen molar-refractivity contribution in [3.63, 3.8) is 0 Å². The molecule has 0 aromatic heterocycles. The average molecular weight is 2160 g/mol. The van der Waals surface area contributed by atoms with E-state index in [0.717, 1.165) is 71.2 Å². The molecule has 0 amide bonds. The van der Waals surface area contributed by atoms with Crippen molar-refractivity contribution in [2.75, 3.05) is 28.2 Å². The molecule has 8 aromatic rings. The topological polar surface area (TPSA) is 74.0 Å². The van der Waals surface area contributed by atoms with E-state index in [1.807, 2.05) is 128 Å². The van der Waals surface area contributed by atoms with Gasteiger partial charge < -0.3 is 54.9 Å². The van der Waals surface area contributed by atoms with Crippen LogP contribution in [0.2, 0.25) is 0 Å². The first-order valence-corrected chi connectivity index (χ1v) is 57.2. The third kappa shape index (κ3) is 33.8. The molecule has 0 bridgehead atoms. The predicted octanol–water partition coefficient (Wildman–Crippen LogP) is 29.4. The molecule has 739 valence electrons. The molecule has 0 spiro atoms. The molecular weight excluding hydrogens is 1990 g/mol. The minimum absolute atomic E-state index is 0. The van der Waals surface area contributed by atoms with Crippen LogP contribution in [0.25, 0.3) is 22.8 Å². The molecule has 8 aromatic carbocycles. The molecule has 0 unspecified atom stereocenters. The van der Waals surface area contributed by atoms with Gasteiger partial charge in [-0.2, -0.15) is 46.2 Å². The van der Waals surface area contributed by atoms with Gasteiger partial charge in [0, 0.05) is 94.0 Å². The second-order valence-corrected chi connectivity index (χ2v) is 45.6. The number of nitrogens with zero attached hydrogens (tertiary/aromatic N) is 8. The molecule has 19 heteroatoms. The zero-order chi connectivity index (χ0) is 92.6. The maximum atomic E-state index is 4.61. The molecule has 10 aliphatic rings. The smallest absolute Gasteiger partial charge is 0 e. The third-order valence-electron chi connectivity index (χ3n) is 28.6. The van der Waals surface area contributed by atoms with Gasteiger partial charge in [0.25, 0.3) is 0 Å². The van der Waals surface area contributed by atoms with E-state index in [2.05, 4.69) is 277 Å². The molecule has 6 fully saturated rings. The van der Waals surface area contributed by atoms with Gasteiger partial charge >= 0.3 is 54.0 Å². The van der Waals surface area contributed by atoms with Crippen LogP contribution in [-0.2, 0) is 83.2 Å². The van der Waals surface area contributed by atoms with Gasteiger partial charge in [0.05, 0.1) is 34.0 Å². The van der Waals surface area contributed by atoms with Gasteiger partial charge in [0.2, 0.25) is 0 Å². The number of hydrogen-bond acceptors (Lipinski definition) is 12. The Morgan fingerprint density at radius 1 is 0.306 bits per heavy atom. The summed E-state index contributed by atoms with van der Waals surface area (Å²) in [6, 6.07) is 60.1. The SMILES string of the molecule is C.C1CCC([PH+](C2CCCCC2)C2CCCCC2)CC1.C1CCC([PH+](C2CCCCC2)C2CCCCC2)CC1.Cc1cc(C)c(CN2[C-]=C(c3[c-]cccc3)N(C)N2)c(C)c1.Cc1cc(C)c(CN2[C-]=C(c3ccccc3)N(C)N2)c(C)c1.Cc1cc(C)c(CN2[C-]=C(c3ccccc3)N(C)N2)c(C)c1.Cc1cc(C)c(CN2[C-]=C(c3ccccc3)N(C)N2)c(C)c1.[Ag].[CH3-].[CH3-].[Cl][Ru+3].[Cl][RuH+2].[HH]. The first kappa shape index (κ1) is 115. The van der Waals surface area contributed by atoms with Crippen molar-refractivity contribution in [2.45, 2.75) is 343 Å². The summed E-state index contributed by atoms with van der Waals surface area (Å²) in [7, 11) is 17.1. The van der Waals surface area contributed by atoms with Crippen LogP contribution in [0.4, 0.5) is 0 Å². The minimum Gasteiger partial charge on any atom is 0 e. The molecule has 0 atom stereocenters. The van der Waals surface area contributed by atoms with Gasteiger partial charge in [-0.25, -0.2) is 12.1 Å². The van der Waals surface area contributed by atoms with E-state index in [9.17, 15) is 0 Å². The molecule has 134 heavy (non-hydrogen) atoms. The van der Waals surface area contributed by atoms with Crippen molar-refractivity contribution < 1.29 is 58.4 Å². The number of aryl methyl sites for hydroxylation is 12. The summed E-state index contributed by atoms with van der Waals surface area (Å²) in [6.45, 7) is 29.2. The van der Waals surface area contributed by atoms with Crippen LogP contribution < -0.4 is 22.1 Å². The Morgan fingerprint density at radius 2 is 0.493 bits per heavy atom. The van der Waals surface area contributed by atoms with Crippen LogP contribution in [-0.4, -0.2) is 102 Å². The Balaban J connectivity index is 0.000000245. The third-order valence-corrected chi connectivity index (χ3v) is 37.7. The first-order chi connectivity index (χ1) is 63.1. The summed E-state index contributed by atoms with van der Waals surface area (Å²) in [4.78, 5) is 0.